The fourth-order valence-corrected chi connectivity index (χ4v) is 4.23. The molecule has 0 aliphatic carbocycles. The van der Waals surface area contributed by atoms with Gasteiger partial charge in [-0.3, -0.25) is 14.6 Å². The summed E-state index contributed by atoms with van der Waals surface area (Å²) >= 11 is 0. The predicted molar refractivity (Wildman–Crippen MR) is 160 cm³/mol. The first-order chi connectivity index (χ1) is 19.8. The highest BCUT2D eigenvalue weighted by atomic mass is 16.5. The van der Waals surface area contributed by atoms with Crippen molar-refractivity contribution in [2.75, 3.05) is 17.7 Å². The first-order valence-electron chi connectivity index (χ1n) is 13.1. The summed E-state index contributed by atoms with van der Waals surface area (Å²) in [4.78, 5) is 33.7. The fraction of sp³-hybridized carbons (Fsp3) is 0.188. The summed E-state index contributed by atoms with van der Waals surface area (Å²) in [6, 6.07) is 17.9. The number of aromatic hydroxyl groups is 1. The molecule has 1 aromatic heterocycles. The molecule has 0 radical (unpaired) electrons. The third-order valence-corrected chi connectivity index (χ3v) is 6.49. The lowest BCUT2D eigenvalue weighted by molar-refractivity contribution is -0.116. The van der Waals surface area contributed by atoms with Crippen LogP contribution in [0.15, 0.2) is 85.2 Å². The van der Waals surface area contributed by atoms with E-state index < -0.39 is 0 Å². The number of nitrogens with zero attached hydrogens (tertiary/aromatic N) is 2. The Kier molecular flexibility index (Phi) is 9.32. The molecule has 0 spiro atoms. The number of phenols is 1. The van der Waals surface area contributed by atoms with Crippen molar-refractivity contribution in [1.29, 1.82) is 0 Å². The SMILES string of the molecule is C/C=C/C(=O)NCc1ccc(C(=O)Nc2cccc([C@H](C)Nc3cncc(-c4ccc(O)c(OC)c4)n3)c2)cc1C. The molecular weight excluding hydrogens is 518 g/mol. The zero-order valence-corrected chi connectivity index (χ0v) is 23.4. The normalized spacial score (nSPS) is 11.6. The number of hydrogen-bond donors (Lipinski definition) is 4. The standard InChI is InChI=1S/C32H33N5O4/c1-5-7-31(39)34-17-25-11-10-24(14-20(25)2)32(40)36-26-9-6-8-22(15-26)21(3)35-30-19-33-18-27(37-30)23-12-13-28(38)29(16-23)41-4/h5-16,18-19,21,38H,17H2,1-4H3,(H,34,39)(H,35,37)(H,36,40)/b7-5+/t21-/m0/s1. The van der Waals surface area contributed by atoms with Crippen LogP contribution in [-0.2, 0) is 11.3 Å². The van der Waals surface area contributed by atoms with E-state index in [0.29, 0.717) is 35.1 Å². The molecule has 9 heteroatoms. The Bertz CT molecular complexity index is 1580. The highest BCUT2D eigenvalue weighted by molar-refractivity contribution is 6.04. The summed E-state index contributed by atoms with van der Waals surface area (Å²) in [7, 11) is 1.49. The third-order valence-electron chi connectivity index (χ3n) is 6.49. The minimum absolute atomic E-state index is 0.0527. The summed E-state index contributed by atoms with van der Waals surface area (Å²) in [6.45, 7) is 6.09. The molecule has 0 saturated heterocycles. The third kappa shape index (κ3) is 7.48. The molecule has 210 valence electrons. The topological polar surface area (TPSA) is 125 Å². The van der Waals surface area contributed by atoms with Gasteiger partial charge in [-0.1, -0.05) is 24.3 Å². The largest absolute Gasteiger partial charge is 0.504 e. The van der Waals surface area contributed by atoms with Crippen molar-refractivity contribution in [3.63, 3.8) is 0 Å². The maximum atomic E-state index is 13.0. The number of benzene rings is 3. The smallest absolute Gasteiger partial charge is 0.255 e. The van der Waals surface area contributed by atoms with Gasteiger partial charge in [-0.2, -0.15) is 0 Å². The zero-order chi connectivity index (χ0) is 29.4. The zero-order valence-electron chi connectivity index (χ0n) is 23.4. The van der Waals surface area contributed by atoms with Crippen molar-refractivity contribution in [1.82, 2.24) is 15.3 Å². The average molecular weight is 552 g/mol. The van der Waals surface area contributed by atoms with Crippen LogP contribution in [0.3, 0.4) is 0 Å². The van der Waals surface area contributed by atoms with Gasteiger partial charge in [0.15, 0.2) is 11.5 Å². The number of aromatic nitrogens is 2. The van der Waals surface area contributed by atoms with Crippen molar-refractivity contribution < 1.29 is 19.4 Å². The van der Waals surface area contributed by atoms with Crippen LogP contribution in [0.4, 0.5) is 11.5 Å². The molecule has 0 bridgehead atoms. The lowest BCUT2D eigenvalue weighted by atomic mass is 10.0. The maximum absolute atomic E-state index is 13.0. The number of ether oxygens (including phenoxy) is 1. The number of aryl methyl sites for hydroxylation is 1. The Morgan fingerprint density at radius 1 is 1.07 bits per heavy atom. The summed E-state index contributed by atoms with van der Waals surface area (Å²) in [5.41, 5.74) is 5.39. The molecule has 3 aromatic carbocycles. The van der Waals surface area contributed by atoms with Gasteiger partial charge in [-0.15, -0.1) is 0 Å². The quantitative estimate of drug-likeness (QED) is 0.184. The summed E-state index contributed by atoms with van der Waals surface area (Å²) in [5.74, 6) is 0.605. The van der Waals surface area contributed by atoms with Crippen LogP contribution in [0, 0.1) is 6.92 Å². The fourth-order valence-electron chi connectivity index (χ4n) is 4.23. The number of nitrogens with one attached hydrogen (secondary N) is 3. The summed E-state index contributed by atoms with van der Waals surface area (Å²) < 4.78 is 5.20. The molecule has 0 fully saturated rings. The second-order valence-corrected chi connectivity index (χ2v) is 9.48. The maximum Gasteiger partial charge on any atom is 0.255 e. The molecule has 0 aliphatic heterocycles. The number of carbonyl (C=O) groups excluding carboxylic acids is 2. The van der Waals surface area contributed by atoms with E-state index in [1.54, 1.807) is 49.7 Å². The monoisotopic (exact) mass is 551 g/mol. The molecule has 4 N–H and O–H groups in total. The molecule has 1 heterocycles. The molecule has 2 amide bonds. The van der Waals surface area contributed by atoms with Gasteiger partial charge in [0.1, 0.15) is 5.82 Å². The number of allylic oxidation sites excluding steroid dienone is 1. The highest BCUT2D eigenvalue weighted by Crippen LogP contribution is 2.31. The number of carbonyl (C=O) groups is 2. The van der Waals surface area contributed by atoms with Crippen LogP contribution in [0.5, 0.6) is 11.5 Å². The van der Waals surface area contributed by atoms with Crippen molar-refractivity contribution >= 4 is 23.3 Å². The van der Waals surface area contributed by atoms with Gasteiger partial charge in [0.25, 0.3) is 5.91 Å². The van der Waals surface area contributed by atoms with Crippen LogP contribution in [-0.4, -0.2) is 34.0 Å². The number of amides is 2. The van der Waals surface area contributed by atoms with Gasteiger partial charge in [-0.25, -0.2) is 4.98 Å². The van der Waals surface area contributed by atoms with Crippen molar-refractivity contribution in [2.45, 2.75) is 33.4 Å². The molecule has 4 aromatic rings. The van der Waals surface area contributed by atoms with Gasteiger partial charge >= 0.3 is 0 Å². The highest BCUT2D eigenvalue weighted by Gasteiger charge is 2.13. The van der Waals surface area contributed by atoms with Crippen LogP contribution < -0.4 is 20.7 Å². The lowest BCUT2D eigenvalue weighted by Gasteiger charge is -2.17. The van der Waals surface area contributed by atoms with Crippen LogP contribution in [0.25, 0.3) is 11.3 Å². The number of rotatable bonds is 10. The minimum Gasteiger partial charge on any atom is -0.504 e. The first kappa shape index (κ1) is 28.8. The van der Waals surface area contributed by atoms with E-state index in [4.69, 9.17) is 4.74 Å². The number of phenolic OH excluding ortho intramolecular Hbond substituents is 1. The first-order valence-corrected chi connectivity index (χ1v) is 13.1. The number of hydrogen-bond acceptors (Lipinski definition) is 7. The van der Waals surface area contributed by atoms with Crippen molar-refractivity contribution in [3.05, 3.63) is 107 Å². The Balaban J connectivity index is 1.42. The van der Waals surface area contributed by atoms with Gasteiger partial charge < -0.3 is 25.8 Å². The van der Waals surface area contributed by atoms with Gasteiger partial charge in [-0.05, 0) is 86.0 Å². The van der Waals surface area contributed by atoms with E-state index in [1.807, 2.05) is 50.2 Å². The average Bonchev–Trinajstić information content (AvgIpc) is 2.97. The second-order valence-electron chi connectivity index (χ2n) is 9.48. The molecule has 41 heavy (non-hydrogen) atoms. The van der Waals surface area contributed by atoms with E-state index in [9.17, 15) is 14.7 Å². The molecule has 0 aliphatic rings. The lowest BCUT2D eigenvalue weighted by Crippen LogP contribution is -2.21. The van der Waals surface area contributed by atoms with Crippen LogP contribution >= 0.6 is 0 Å². The summed E-state index contributed by atoms with van der Waals surface area (Å²) in [6.07, 6.45) is 6.44. The van der Waals surface area contributed by atoms with Crippen LogP contribution in [0.2, 0.25) is 0 Å². The Labute approximate surface area is 239 Å². The van der Waals surface area contributed by atoms with Crippen molar-refractivity contribution in [2.24, 2.45) is 0 Å². The minimum atomic E-state index is -0.224. The Morgan fingerprint density at radius 2 is 1.90 bits per heavy atom. The van der Waals surface area contributed by atoms with E-state index >= 15 is 0 Å². The van der Waals surface area contributed by atoms with Gasteiger partial charge in [0.05, 0.1) is 31.2 Å². The molecule has 4 rings (SSSR count). The van der Waals surface area contributed by atoms with E-state index in [-0.39, 0.29) is 23.6 Å². The van der Waals surface area contributed by atoms with E-state index in [0.717, 1.165) is 22.3 Å². The summed E-state index contributed by atoms with van der Waals surface area (Å²) in [5, 5.41) is 19.0. The second kappa shape index (κ2) is 13.3. The van der Waals surface area contributed by atoms with Crippen molar-refractivity contribution in [3.8, 4) is 22.8 Å². The molecular formula is C32H33N5O4. The Hall–Kier alpha value is -5.18. The van der Waals surface area contributed by atoms with Crippen LogP contribution in [0.1, 0.15) is 46.9 Å². The molecule has 1 atom stereocenters. The van der Waals surface area contributed by atoms with E-state index in [1.165, 1.54) is 13.2 Å². The van der Waals surface area contributed by atoms with Gasteiger partial charge in [0.2, 0.25) is 5.91 Å². The van der Waals surface area contributed by atoms with Gasteiger partial charge in [0, 0.05) is 23.4 Å². The molecule has 9 nitrogen and oxygen atoms in total. The molecule has 0 unspecified atom stereocenters. The number of methoxy groups -OCH3 is 1. The molecule has 0 saturated carbocycles. The van der Waals surface area contributed by atoms with E-state index in [2.05, 4.69) is 25.9 Å². The Morgan fingerprint density at radius 3 is 2.66 bits per heavy atom. The predicted octanol–water partition coefficient (Wildman–Crippen LogP) is 5.78. The number of anilines is 2.